The van der Waals surface area contributed by atoms with Gasteiger partial charge in [0, 0.05) is 38.5 Å². The van der Waals surface area contributed by atoms with Crippen LogP contribution in [0.4, 0.5) is 11.5 Å². The summed E-state index contributed by atoms with van der Waals surface area (Å²) < 4.78 is 15.5. The molecular formula is C18H23ClN4O4. The third-order valence-electron chi connectivity index (χ3n) is 3.62. The number of benzene rings is 1. The second-order valence-electron chi connectivity index (χ2n) is 5.60. The molecule has 0 aliphatic rings. The highest BCUT2D eigenvalue weighted by molar-refractivity contribution is 6.32. The fourth-order valence-corrected chi connectivity index (χ4v) is 2.58. The van der Waals surface area contributed by atoms with Crippen molar-refractivity contribution < 1.29 is 19.0 Å². The lowest BCUT2D eigenvalue weighted by Crippen LogP contribution is -2.17. The van der Waals surface area contributed by atoms with Crippen molar-refractivity contribution in [3.63, 3.8) is 0 Å². The number of carbonyl (C=O) groups excluding carboxylic acids is 1. The first-order valence-corrected chi connectivity index (χ1v) is 8.67. The van der Waals surface area contributed by atoms with E-state index in [4.69, 9.17) is 25.8 Å². The van der Waals surface area contributed by atoms with E-state index in [9.17, 15) is 4.79 Å². The molecule has 146 valence electrons. The van der Waals surface area contributed by atoms with E-state index in [2.05, 4.69) is 20.6 Å². The Hall–Kier alpha value is -2.58. The first-order chi connectivity index (χ1) is 13.0. The number of aryl methyl sites for hydroxylation is 1. The predicted molar refractivity (Wildman–Crippen MR) is 104 cm³/mol. The molecule has 27 heavy (non-hydrogen) atoms. The highest BCUT2D eigenvalue weighted by Gasteiger charge is 2.16. The lowest BCUT2D eigenvalue weighted by molar-refractivity contribution is 0.102. The van der Waals surface area contributed by atoms with Gasteiger partial charge in [-0.1, -0.05) is 11.6 Å². The minimum absolute atomic E-state index is 0.229. The van der Waals surface area contributed by atoms with Crippen LogP contribution in [0.2, 0.25) is 5.02 Å². The molecular weight excluding hydrogens is 372 g/mol. The van der Waals surface area contributed by atoms with E-state index in [1.54, 1.807) is 32.2 Å². The summed E-state index contributed by atoms with van der Waals surface area (Å²) in [5.74, 6) is 1.50. The number of hydrogen-bond acceptors (Lipinski definition) is 7. The number of halogens is 1. The van der Waals surface area contributed by atoms with Crippen LogP contribution in [0.3, 0.4) is 0 Å². The average Bonchev–Trinajstić information content (AvgIpc) is 2.65. The Kier molecular flexibility index (Phi) is 7.63. The fraction of sp³-hybridized carbons (Fsp3) is 0.389. The maximum atomic E-state index is 12.7. The van der Waals surface area contributed by atoms with E-state index in [-0.39, 0.29) is 5.69 Å². The average molecular weight is 395 g/mol. The van der Waals surface area contributed by atoms with Crippen molar-refractivity contribution >= 4 is 29.0 Å². The molecule has 1 heterocycles. The normalized spacial score (nSPS) is 10.4. The molecule has 1 amide bonds. The number of hydrogen-bond donors (Lipinski definition) is 2. The predicted octanol–water partition coefficient (Wildman–Crippen LogP) is 3.16. The van der Waals surface area contributed by atoms with Crippen molar-refractivity contribution in [2.45, 2.75) is 13.3 Å². The number of anilines is 2. The third kappa shape index (κ3) is 5.70. The second kappa shape index (κ2) is 9.94. The summed E-state index contributed by atoms with van der Waals surface area (Å²) >= 11 is 6.09. The van der Waals surface area contributed by atoms with Crippen LogP contribution in [0.5, 0.6) is 11.5 Å². The van der Waals surface area contributed by atoms with Crippen LogP contribution in [-0.2, 0) is 4.74 Å². The largest absolute Gasteiger partial charge is 0.495 e. The van der Waals surface area contributed by atoms with E-state index in [1.807, 2.05) is 0 Å². The minimum atomic E-state index is -0.400. The van der Waals surface area contributed by atoms with Crippen molar-refractivity contribution in [3.05, 3.63) is 34.7 Å². The van der Waals surface area contributed by atoms with Gasteiger partial charge in [-0.2, -0.15) is 0 Å². The molecule has 9 heteroatoms. The Balaban J connectivity index is 2.19. The first-order valence-electron chi connectivity index (χ1n) is 8.29. The van der Waals surface area contributed by atoms with E-state index < -0.39 is 5.91 Å². The maximum Gasteiger partial charge on any atom is 0.274 e. The zero-order valence-electron chi connectivity index (χ0n) is 15.8. The van der Waals surface area contributed by atoms with Crippen LogP contribution in [-0.4, -0.2) is 50.4 Å². The van der Waals surface area contributed by atoms with E-state index in [1.165, 1.54) is 14.2 Å². The molecule has 0 spiro atoms. The standard InChI is InChI=1S/C18H23ClN4O4/c1-11-21-14(10-17(22-11)20-6-5-7-25-2)18(24)23-13-9-15(26-3)12(19)8-16(13)27-4/h8-10H,5-7H2,1-4H3,(H,23,24)(H,20,21,22). The fourth-order valence-electron chi connectivity index (χ4n) is 2.35. The molecule has 0 atom stereocenters. The maximum absolute atomic E-state index is 12.7. The zero-order chi connectivity index (χ0) is 19.8. The Morgan fingerprint density at radius 2 is 1.85 bits per heavy atom. The number of methoxy groups -OCH3 is 3. The van der Waals surface area contributed by atoms with Crippen LogP contribution < -0.4 is 20.1 Å². The molecule has 0 unspecified atom stereocenters. The smallest absolute Gasteiger partial charge is 0.274 e. The summed E-state index contributed by atoms with van der Waals surface area (Å²) in [7, 11) is 4.64. The number of carbonyl (C=O) groups is 1. The number of amides is 1. The molecule has 8 nitrogen and oxygen atoms in total. The molecule has 0 saturated carbocycles. The van der Waals surface area contributed by atoms with E-state index in [0.29, 0.717) is 47.0 Å². The molecule has 1 aromatic heterocycles. The van der Waals surface area contributed by atoms with Crippen molar-refractivity contribution in [1.82, 2.24) is 9.97 Å². The van der Waals surface area contributed by atoms with Gasteiger partial charge in [0.1, 0.15) is 28.8 Å². The first kappa shape index (κ1) is 20.7. The van der Waals surface area contributed by atoms with Crippen molar-refractivity contribution in [3.8, 4) is 11.5 Å². The quantitative estimate of drug-likeness (QED) is 0.631. The van der Waals surface area contributed by atoms with Crippen LogP contribution in [0, 0.1) is 6.92 Å². The molecule has 0 aliphatic heterocycles. The number of rotatable bonds is 9. The monoisotopic (exact) mass is 394 g/mol. The summed E-state index contributed by atoms with van der Waals surface area (Å²) in [4.78, 5) is 21.2. The summed E-state index contributed by atoms with van der Waals surface area (Å²) in [6.45, 7) is 3.04. The Morgan fingerprint density at radius 1 is 1.11 bits per heavy atom. The highest BCUT2D eigenvalue weighted by atomic mass is 35.5. The van der Waals surface area contributed by atoms with E-state index >= 15 is 0 Å². The summed E-state index contributed by atoms with van der Waals surface area (Å²) in [6.07, 6.45) is 0.822. The Morgan fingerprint density at radius 3 is 2.52 bits per heavy atom. The van der Waals surface area contributed by atoms with E-state index in [0.717, 1.165) is 6.42 Å². The summed E-state index contributed by atoms with van der Waals surface area (Å²) in [6, 6.07) is 4.76. The van der Waals surface area contributed by atoms with Gasteiger partial charge in [-0.3, -0.25) is 4.79 Å². The van der Waals surface area contributed by atoms with Crippen LogP contribution in [0.1, 0.15) is 22.7 Å². The van der Waals surface area contributed by atoms with Gasteiger partial charge in [-0.05, 0) is 13.3 Å². The van der Waals surface area contributed by atoms with Gasteiger partial charge in [0.2, 0.25) is 0 Å². The molecule has 0 fully saturated rings. The highest BCUT2D eigenvalue weighted by Crippen LogP contribution is 2.36. The van der Waals surface area contributed by atoms with Gasteiger partial charge in [0.25, 0.3) is 5.91 Å². The molecule has 2 aromatic rings. The second-order valence-corrected chi connectivity index (χ2v) is 6.01. The number of ether oxygens (including phenoxy) is 3. The molecule has 2 rings (SSSR count). The molecule has 0 aliphatic carbocycles. The van der Waals surface area contributed by atoms with Crippen molar-refractivity contribution in [1.29, 1.82) is 0 Å². The molecule has 1 aromatic carbocycles. The van der Waals surface area contributed by atoms with Gasteiger partial charge >= 0.3 is 0 Å². The van der Waals surface area contributed by atoms with Crippen LogP contribution >= 0.6 is 11.6 Å². The number of nitrogens with zero attached hydrogens (tertiary/aromatic N) is 2. The van der Waals surface area contributed by atoms with Crippen LogP contribution in [0.25, 0.3) is 0 Å². The van der Waals surface area contributed by atoms with Gasteiger partial charge in [0.15, 0.2) is 0 Å². The topological polar surface area (TPSA) is 94.6 Å². The Bertz CT molecular complexity index is 801. The zero-order valence-corrected chi connectivity index (χ0v) is 16.5. The minimum Gasteiger partial charge on any atom is -0.495 e. The number of aromatic nitrogens is 2. The van der Waals surface area contributed by atoms with Crippen molar-refractivity contribution in [2.24, 2.45) is 0 Å². The molecule has 0 radical (unpaired) electrons. The number of nitrogens with one attached hydrogen (secondary N) is 2. The molecule has 0 saturated heterocycles. The van der Waals surface area contributed by atoms with Gasteiger partial charge in [0.05, 0.1) is 24.9 Å². The van der Waals surface area contributed by atoms with Gasteiger partial charge in [-0.15, -0.1) is 0 Å². The molecule has 2 N–H and O–H groups in total. The SMILES string of the molecule is COCCCNc1cc(C(=O)Nc2cc(OC)c(Cl)cc2OC)nc(C)n1. The molecule has 0 bridgehead atoms. The van der Waals surface area contributed by atoms with Gasteiger partial charge < -0.3 is 24.8 Å². The Labute approximate surface area is 163 Å². The van der Waals surface area contributed by atoms with Crippen molar-refractivity contribution in [2.75, 3.05) is 45.1 Å². The lowest BCUT2D eigenvalue weighted by atomic mass is 10.2. The van der Waals surface area contributed by atoms with Gasteiger partial charge in [-0.25, -0.2) is 9.97 Å². The third-order valence-corrected chi connectivity index (χ3v) is 3.92. The summed E-state index contributed by atoms with van der Waals surface area (Å²) in [5.41, 5.74) is 0.655. The van der Waals surface area contributed by atoms with Crippen LogP contribution in [0.15, 0.2) is 18.2 Å². The summed E-state index contributed by atoms with van der Waals surface area (Å²) in [5, 5.41) is 6.31. The lowest BCUT2D eigenvalue weighted by Gasteiger charge is -2.13.